The monoisotopic (exact) mass is 409 g/mol. The van der Waals surface area contributed by atoms with E-state index in [9.17, 15) is 4.79 Å². The fourth-order valence-corrected chi connectivity index (χ4v) is 4.62. The van der Waals surface area contributed by atoms with Crippen molar-refractivity contribution in [1.82, 2.24) is 25.5 Å². The molecule has 1 saturated carbocycles. The first-order valence-corrected chi connectivity index (χ1v) is 10.6. The number of nitrogens with one attached hydrogen (secondary N) is 2. The van der Waals surface area contributed by atoms with Crippen LogP contribution in [0.3, 0.4) is 0 Å². The molecule has 1 aromatic carbocycles. The number of carbonyl (C=O) groups is 1. The Morgan fingerprint density at radius 1 is 1.24 bits per heavy atom. The molecule has 0 unspecified atom stereocenters. The van der Waals surface area contributed by atoms with E-state index in [2.05, 4.69) is 25.5 Å². The number of ether oxygens (including phenoxy) is 1. The van der Waals surface area contributed by atoms with Crippen LogP contribution < -0.4 is 10.1 Å². The highest BCUT2D eigenvalue weighted by Gasteiger charge is 2.20. The fraction of sp³-hybridized carbons (Fsp3) is 0.333. The SMILES string of the molecule is COc1ccc(-c2n[nH]c(CNC(=O)c3cccnc3SC3CCCC3)n2)cc1. The standard InChI is InChI=1S/C21H23N5O2S/c1-28-15-10-8-14(9-11-15)19-24-18(25-26-19)13-23-20(27)17-7-4-12-22-21(17)29-16-5-2-3-6-16/h4,7-12,16H,2-3,5-6,13H2,1H3,(H,23,27)(H,24,25,26). The van der Waals surface area contributed by atoms with Gasteiger partial charge >= 0.3 is 0 Å². The smallest absolute Gasteiger partial charge is 0.254 e. The van der Waals surface area contributed by atoms with Crippen LogP contribution >= 0.6 is 11.8 Å². The Morgan fingerprint density at radius 2 is 2.03 bits per heavy atom. The summed E-state index contributed by atoms with van der Waals surface area (Å²) in [6.07, 6.45) is 6.64. The third kappa shape index (κ3) is 4.76. The molecule has 0 bridgehead atoms. The van der Waals surface area contributed by atoms with Crippen LogP contribution in [0.15, 0.2) is 47.6 Å². The first-order chi connectivity index (χ1) is 14.2. The highest BCUT2D eigenvalue weighted by molar-refractivity contribution is 7.99. The number of hydrogen-bond donors (Lipinski definition) is 2. The topological polar surface area (TPSA) is 92.8 Å². The van der Waals surface area contributed by atoms with Crippen LogP contribution in [-0.4, -0.2) is 38.4 Å². The van der Waals surface area contributed by atoms with E-state index in [0.29, 0.717) is 22.5 Å². The van der Waals surface area contributed by atoms with E-state index in [0.717, 1.165) is 16.3 Å². The number of H-pyrrole nitrogens is 1. The van der Waals surface area contributed by atoms with Gasteiger partial charge in [-0.1, -0.05) is 12.8 Å². The predicted octanol–water partition coefficient (Wildman–Crippen LogP) is 3.84. The van der Waals surface area contributed by atoms with Crippen molar-refractivity contribution in [3.63, 3.8) is 0 Å². The molecule has 1 fully saturated rings. The number of thioether (sulfide) groups is 1. The van der Waals surface area contributed by atoms with Gasteiger partial charge in [-0.05, 0) is 49.2 Å². The molecule has 2 heterocycles. The highest BCUT2D eigenvalue weighted by atomic mass is 32.2. The maximum Gasteiger partial charge on any atom is 0.254 e. The molecule has 29 heavy (non-hydrogen) atoms. The number of rotatable bonds is 7. The first kappa shape index (κ1) is 19.4. The second-order valence-corrected chi connectivity index (χ2v) is 8.19. The van der Waals surface area contributed by atoms with E-state index in [1.807, 2.05) is 30.3 Å². The molecule has 0 saturated heterocycles. The van der Waals surface area contributed by atoms with Crippen molar-refractivity contribution in [3.05, 3.63) is 54.0 Å². The van der Waals surface area contributed by atoms with Gasteiger partial charge in [0, 0.05) is 17.0 Å². The van der Waals surface area contributed by atoms with Crippen molar-refractivity contribution in [1.29, 1.82) is 0 Å². The largest absolute Gasteiger partial charge is 0.497 e. The van der Waals surface area contributed by atoms with Crippen LogP contribution in [-0.2, 0) is 6.54 Å². The molecule has 1 amide bonds. The summed E-state index contributed by atoms with van der Waals surface area (Å²) in [6.45, 7) is 0.268. The maximum atomic E-state index is 12.7. The summed E-state index contributed by atoms with van der Waals surface area (Å²) in [7, 11) is 1.63. The van der Waals surface area contributed by atoms with Crippen LogP contribution in [0.1, 0.15) is 41.9 Å². The minimum absolute atomic E-state index is 0.152. The average molecular weight is 410 g/mol. The lowest BCUT2D eigenvalue weighted by Gasteiger charge is -2.11. The average Bonchev–Trinajstić information content (AvgIpc) is 3.45. The van der Waals surface area contributed by atoms with Gasteiger partial charge in [0.1, 0.15) is 16.6 Å². The van der Waals surface area contributed by atoms with E-state index >= 15 is 0 Å². The summed E-state index contributed by atoms with van der Waals surface area (Å²) in [5.41, 5.74) is 1.49. The Hall–Kier alpha value is -2.87. The normalized spacial score (nSPS) is 14.1. The van der Waals surface area contributed by atoms with Crippen molar-refractivity contribution in [3.8, 4) is 17.1 Å². The lowest BCUT2D eigenvalue weighted by Crippen LogP contribution is -2.24. The fourth-order valence-electron chi connectivity index (χ4n) is 3.32. The summed E-state index contributed by atoms with van der Waals surface area (Å²) in [5, 5.41) is 11.4. The number of pyridine rings is 1. The molecule has 1 aliphatic rings. The zero-order chi connectivity index (χ0) is 20.1. The number of nitrogens with zero attached hydrogens (tertiary/aromatic N) is 3. The van der Waals surface area contributed by atoms with E-state index in [1.54, 1.807) is 31.1 Å². The zero-order valence-corrected chi connectivity index (χ0v) is 17.0. The molecule has 1 aliphatic carbocycles. The van der Waals surface area contributed by atoms with Crippen molar-refractivity contribution in [2.45, 2.75) is 42.5 Å². The van der Waals surface area contributed by atoms with Crippen molar-refractivity contribution >= 4 is 17.7 Å². The van der Waals surface area contributed by atoms with E-state index in [-0.39, 0.29) is 12.5 Å². The van der Waals surface area contributed by atoms with Crippen LogP contribution in [0.5, 0.6) is 5.75 Å². The Labute approximate surface area is 173 Å². The quantitative estimate of drug-likeness (QED) is 0.616. The molecule has 0 atom stereocenters. The summed E-state index contributed by atoms with van der Waals surface area (Å²) >= 11 is 1.71. The Kier molecular flexibility index (Phi) is 6.09. The Bertz CT molecular complexity index is 967. The van der Waals surface area contributed by atoms with E-state index in [1.165, 1.54) is 25.7 Å². The maximum absolute atomic E-state index is 12.7. The van der Waals surface area contributed by atoms with Gasteiger partial charge in [0.2, 0.25) is 0 Å². The molecule has 2 aromatic heterocycles. The Balaban J connectivity index is 1.39. The number of hydrogen-bond acceptors (Lipinski definition) is 6. The molecule has 7 nitrogen and oxygen atoms in total. The van der Waals surface area contributed by atoms with Crippen molar-refractivity contribution in [2.24, 2.45) is 0 Å². The van der Waals surface area contributed by atoms with Gasteiger partial charge < -0.3 is 10.1 Å². The minimum Gasteiger partial charge on any atom is -0.497 e. The molecule has 0 spiro atoms. The number of methoxy groups -OCH3 is 1. The van der Waals surface area contributed by atoms with Crippen LogP contribution in [0.25, 0.3) is 11.4 Å². The molecular formula is C21H23N5O2S. The zero-order valence-electron chi connectivity index (χ0n) is 16.2. The van der Waals surface area contributed by atoms with Gasteiger partial charge in [0.15, 0.2) is 5.82 Å². The number of benzene rings is 1. The van der Waals surface area contributed by atoms with Crippen LogP contribution in [0.2, 0.25) is 0 Å². The van der Waals surface area contributed by atoms with Crippen LogP contribution in [0, 0.1) is 0 Å². The molecule has 0 aliphatic heterocycles. The second kappa shape index (κ2) is 9.09. The van der Waals surface area contributed by atoms with Gasteiger partial charge in [0.25, 0.3) is 5.91 Å². The molecule has 3 aromatic rings. The number of amides is 1. The summed E-state index contributed by atoms with van der Waals surface area (Å²) < 4.78 is 5.17. The summed E-state index contributed by atoms with van der Waals surface area (Å²) in [6, 6.07) is 11.1. The van der Waals surface area contributed by atoms with Gasteiger partial charge in [-0.25, -0.2) is 9.97 Å². The molecule has 150 valence electrons. The third-order valence-corrected chi connectivity index (χ3v) is 6.25. The molecule has 8 heteroatoms. The number of carbonyl (C=O) groups excluding carboxylic acids is 1. The van der Waals surface area contributed by atoms with Crippen LogP contribution in [0.4, 0.5) is 0 Å². The lowest BCUT2D eigenvalue weighted by molar-refractivity contribution is 0.0946. The van der Waals surface area contributed by atoms with Crippen molar-refractivity contribution in [2.75, 3.05) is 7.11 Å². The second-order valence-electron chi connectivity index (χ2n) is 6.90. The van der Waals surface area contributed by atoms with Gasteiger partial charge in [-0.2, -0.15) is 5.10 Å². The first-order valence-electron chi connectivity index (χ1n) is 9.68. The molecule has 2 N–H and O–H groups in total. The number of aromatic amines is 1. The summed E-state index contributed by atoms with van der Waals surface area (Å²) in [4.78, 5) is 21.6. The third-order valence-electron chi connectivity index (χ3n) is 4.89. The summed E-state index contributed by atoms with van der Waals surface area (Å²) in [5.74, 6) is 1.80. The molecule has 4 rings (SSSR count). The predicted molar refractivity (Wildman–Crippen MR) is 112 cm³/mol. The van der Waals surface area contributed by atoms with Gasteiger partial charge in [-0.15, -0.1) is 11.8 Å². The minimum atomic E-state index is -0.152. The van der Waals surface area contributed by atoms with E-state index in [4.69, 9.17) is 4.74 Å². The molecular weight excluding hydrogens is 386 g/mol. The van der Waals surface area contributed by atoms with Gasteiger partial charge in [-0.3, -0.25) is 9.89 Å². The van der Waals surface area contributed by atoms with Crippen molar-refractivity contribution < 1.29 is 9.53 Å². The molecule has 0 radical (unpaired) electrons. The Morgan fingerprint density at radius 3 is 2.79 bits per heavy atom. The van der Waals surface area contributed by atoms with E-state index < -0.39 is 0 Å². The lowest BCUT2D eigenvalue weighted by atomic mass is 10.2. The number of aromatic nitrogens is 4. The van der Waals surface area contributed by atoms with Gasteiger partial charge in [0.05, 0.1) is 19.2 Å². The highest BCUT2D eigenvalue weighted by Crippen LogP contribution is 2.35.